The summed E-state index contributed by atoms with van der Waals surface area (Å²) >= 11 is 0. The minimum absolute atomic E-state index is 0.00215. The normalized spacial score (nSPS) is 14.8. The molecule has 1 fully saturated rings. The van der Waals surface area contributed by atoms with Crippen LogP contribution in [0.25, 0.3) is 0 Å². The molecule has 0 aliphatic carbocycles. The minimum Gasteiger partial charge on any atom is -0.476 e. The van der Waals surface area contributed by atoms with Crippen molar-refractivity contribution in [2.75, 3.05) is 13.2 Å². The second-order valence-corrected chi connectivity index (χ2v) is 3.75. The van der Waals surface area contributed by atoms with Crippen molar-refractivity contribution in [3.8, 4) is 0 Å². The van der Waals surface area contributed by atoms with Gasteiger partial charge in [0.1, 0.15) is 18.8 Å². The fraction of sp³-hybridized carbons (Fsp3) is 0.444. The van der Waals surface area contributed by atoms with E-state index >= 15 is 0 Å². The largest absolute Gasteiger partial charge is 0.476 e. The Hall–Kier alpha value is -2.59. The first kappa shape index (κ1) is 13.8. The first-order valence-corrected chi connectivity index (χ1v) is 5.33. The Kier molecular flexibility index (Phi) is 3.59. The van der Waals surface area contributed by atoms with Gasteiger partial charge in [-0.25, -0.2) is 28.0 Å². The van der Waals surface area contributed by atoms with Crippen LogP contribution in [0.3, 0.4) is 0 Å². The number of rotatable bonds is 4. The Morgan fingerprint density at radius 3 is 2.65 bits per heavy atom. The fourth-order valence-corrected chi connectivity index (χ4v) is 1.64. The van der Waals surface area contributed by atoms with E-state index < -0.39 is 42.3 Å². The molecule has 1 aliphatic rings. The molecule has 2 rings (SSSR count). The number of ether oxygens (including phenoxy) is 1. The van der Waals surface area contributed by atoms with Crippen LogP contribution in [0.4, 0.5) is 13.6 Å². The van der Waals surface area contributed by atoms with Crippen LogP contribution in [-0.2, 0) is 16.1 Å². The highest BCUT2D eigenvalue weighted by Crippen LogP contribution is 2.21. The van der Waals surface area contributed by atoms with Crippen LogP contribution in [0.1, 0.15) is 22.6 Å². The summed E-state index contributed by atoms with van der Waals surface area (Å²) in [5.74, 6) is -2.52. The standard InChI is InChI=1S/C9H8F2N4O5/c10-7(11)6-5(8(17)18)12-13-15(6)3-4(16)14-1-2-20-9(14)19/h7H,1-3H2,(H,17,18). The molecule has 0 aromatic carbocycles. The van der Waals surface area contributed by atoms with Crippen LogP contribution < -0.4 is 0 Å². The summed E-state index contributed by atoms with van der Waals surface area (Å²) in [5.41, 5.74) is -1.92. The summed E-state index contributed by atoms with van der Waals surface area (Å²) in [6, 6.07) is 0. The molecule has 20 heavy (non-hydrogen) atoms. The molecule has 0 saturated carbocycles. The van der Waals surface area contributed by atoms with Crippen LogP contribution in [0.15, 0.2) is 0 Å². The lowest BCUT2D eigenvalue weighted by atomic mass is 10.3. The number of aromatic nitrogens is 3. The zero-order valence-electron chi connectivity index (χ0n) is 9.82. The van der Waals surface area contributed by atoms with Gasteiger partial charge in [-0.05, 0) is 0 Å². The van der Waals surface area contributed by atoms with Crippen molar-refractivity contribution in [1.29, 1.82) is 0 Å². The maximum Gasteiger partial charge on any atom is 0.416 e. The molecule has 1 aromatic heterocycles. The van der Waals surface area contributed by atoms with Gasteiger partial charge < -0.3 is 9.84 Å². The molecule has 0 atom stereocenters. The van der Waals surface area contributed by atoms with E-state index in [-0.39, 0.29) is 13.2 Å². The number of amides is 2. The number of hydrogen-bond donors (Lipinski definition) is 1. The predicted octanol–water partition coefficient (Wildman–Crippen LogP) is -0.107. The number of carboxylic acids is 1. The number of hydrogen-bond acceptors (Lipinski definition) is 6. The summed E-state index contributed by atoms with van der Waals surface area (Å²) < 4.78 is 30.6. The van der Waals surface area contributed by atoms with Crippen molar-refractivity contribution in [3.05, 3.63) is 11.4 Å². The average molecular weight is 290 g/mol. The topological polar surface area (TPSA) is 115 Å². The lowest BCUT2D eigenvalue weighted by molar-refractivity contribution is -0.128. The van der Waals surface area contributed by atoms with E-state index in [4.69, 9.17) is 5.11 Å². The van der Waals surface area contributed by atoms with Crippen LogP contribution in [-0.4, -0.2) is 56.1 Å². The van der Waals surface area contributed by atoms with Gasteiger partial charge >= 0.3 is 12.1 Å². The van der Waals surface area contributed by atoms with E-state index in [0.29, 0.717) is 4.68 Å². The van der Waals surface area contributed by atoms with Crippen molar-refractivity contribution in [2.24, 2.45) is 0 Å². The molecule has 2 heterocycles. The molecule has 2 amide bonds. The second-order valence-electron chi connectivity index (χ2n) is 3.75. The Bertz CT molecular complexity index is 573. The first-order chi connectivity index (χ1) is 9.41. The number of halogens is 2. The van der Waals surface area contributed by atoms with Crippen LogP contribution in [0.2, 0.25) is 0 Å². The van der Waals surface area contributed by atoms with Gasteiger partial charge in [-0.3, -0.25) is 4.79 Å². The van der Waals surface area contributed by atoms with Crippen molar-refractivity contribution in [1.82, 2.24) is 19.9 Å². The van der Waals surface area contributed by atoms with Crippen molar-refractivity contribution in [2.45, 2.75) is 13.0 Å². The predicted molar refractivity (Wildman–Crippen MR) is 55.0 cm³/mol. The van der Waals surface area contributed by atoms with E-state index in [2.05, 4.69) is 15.0 Å². The number of alkyl halides is 2. The van der Waals surface area contributed by atoms with E-state index in [1.54, 1.807) is 0 Å². The molecule has 1 saturated heterocycles. The quantitative estimate of drug-likeness (QED) is 0.822. The monoisotopic (exact) mass is 290 g/mol. The summed E-state index contributed by atoms with van der Waals surface area (Å²) in [4.78, 5) is 34.3. The minimum atomic E-state index is -3.17. The number of carboxylic acid groups (broad SMARTS) is 1. The molecule has 1 aromatic rings. The van der Waals surface area contributed by atoms with Crippen LogP contribution >= 0.6 is 0 Å². The smallest absolute Gasteiger partial charge is 0.416 e. The molecule has 108 valence electrons. The SMILES string of the molecule is O=C(O)c1nnn(CC(=O)N2CCOC2=O)c1C(F)F. The highest BCUT2D eigenvalue weighted by Gasteiger charge is 2.32. The highest BCUT2D eigenvalue weighted by atomic mass is 19.3. The number of nitrogens with zero attached hydrogens (tertiary/aromatic N) is 4. The van der Waals surface area contributed by atoms with Gasteiger partial charge in [0, 0.05) is 0 Å². The van der Waals surface area contributed by atoms with Gasteiger partial charge in [0.15, 0.2) is 5.69 Å². The van der Waals surface area contributed by atoms with Crippen LogP contribution in [0.5, 0.6) is 0 Å². The summed E-state index contributed by atoms with van der Waals surface area (Å²) in [5, 5.41) is 15.0. The Balaban J connectivity index is 2.23. The molecule has 0 radical (unpaired) electrons. The maximum absolute atomic E-state index is 12.8. The zero-order chi connectivity index (χ0) is 14.9. The molecule has 0 unspecified atom stereocenters. The molecule has 1 aliphatic heterocycles. The van der Waals surface area contributed by atoms with E-state index in [1.807, 2.05) is 0 Å². The summed E-state index contributed by atoms with van der Waals surface area (Å²) in [7, 11) is 0. The molecular weight excluding hydrogens is 282 g/mol. The third-order valence-electron chi connectivity index (χ3n) is 2.53. The molecule has 0 bridgehead atoms. The number of carbonyl (C=O) groups excluding carboxylic acids is 2. The lowest BCUT2D eigenvalue weighted by Gasteiger charge is -2.11. The van der Waals surface area contributed by atoms with E-state index in [1.165, 1.54) is 0 Å². The summed E-state index contributed by atoms with van der Waals surface area (Å²) in [6.07, 6.45) is -4.05. The van der Waals surface area contributed by atoms with E-state index in [0.717, 1.165) is 4.90 Å². The van der Waals surface area contributed by atoms with Crippen molar-refractivity contribution in [3.63, 3.8) is 0 Å². The van der Waals surface area contributed by atoms with Gasteiger partial charge in [0.25, 0.3) is 12.3 Å². The van der Waals surface area contributed by atoms with Crippen molar-refractivity contribution < 1.29 is 33.0 Å². The Labute approximate surface area is 109 Å². The fourth-order valence-electron chi connectivity index (χ4n) is 1.64. The van der Waals surface area contributed by atoms with Gasteiger partial charge in [0.05, 0.1) is 6.54 Å². The van der Waals surface area contributed by atoms with Crippen LogP contribution in [0, 0.1) is 0 Å². The second kappa shape index (κ2) is 5.19. The van der Waals surface area contributed by atoms with Gasteiger partial charge in [0.2, 0.25) is 0 Å². The highest BCUT2D eigenvalue weighted by molar-refractivity contribution is 5.93. The third-order valence-corrected chi connectivity index (χ3v) is 2.53. The molecule has 0 spiro atoms. The Morgan fingerprint density at radius 2 is 2.15 bits per heavy atom. The summed E-state index contributed by atoms with van der Waals surface area (Å²) in [6.45, 7) is -0.707. The molecule has 11 heteroatoms. The number of cyclic esters (lactones) is 1. The average Bonchev–Trinajstić information content (AvgIpc) is 2.95. The Morgan fingerprint density at radius 1 is 1.45 bits per heavy atom. The number of aromatic carboxylic acids is 1. The number of carbonyl (C=O) groups is 3. The molecule has 9 nitrogen and oxygen atoms in total. The van der Waals surface area contributed by atoms with Gasteiger partial charge in [-0.2, -0.15) is 0 Å². The van der Waals surface area contributed by atoms with Crippen molar-refractivity contribution >= 4 is 18.0 Å². The maximum atomic E-state index is 12.8. The lowest BCUT2D eigenvalue weighted by Crippen LogP contribution is -2.35. The van der Waals surface area contributed by atoms with Gasteiger partial charge in [-0.1, -0.05) is 5.21 Å². The first-order valence-electron chi connectivity index (χ1n) is 5.33. The third kappa shape index (κ3) is 2.41. The van der Waals surface area contributed by atoms with Gasteiger partial charge in [-0.15, -0.1) is 5.10 Å². The van der Waals surface area contributed by atoms with E-state index in [9.17, 15) is 23.2 Å². The molecule has 1 N–H and O–H groups in total. The molecular formula is C9H8F2N4O5. The number of imide groups is 1. The zero-order valence-corrected chi connectivity index (χ0v) is 9.82.